The first kappa shape index (κ1) is 20.3. The minimum absolute atomic E-state index is 0.0458. The average Bonchev–Trinajstić information content (AvgIpc) is 3.28. The van der Waals surface area contributed by atoms with Crippen LogP contribution in [0.3, 0.4) is 0 Å². The van der Waals surface area contributed by atoms with E-state index in [4.69, 9.17) is 4.99 Å². The Bertz CT molecular complexity index is 1060. The molecule has 8 heteroatoms. The van der Waals surface area contributed by atoms with Gasteiger partial charge in [0, 0.05) is 25.9 Å². The van der Waals surface area contributed by atoms with E-state index in [1.807, 2.05) is 66.0 Å². The first-order valence-corrected chi connectivity index (χ1v) is 11.0. The van der Waals surface area contributed by atoms with Crippen molar-refractivity contribution in [2.45, 2.75) is 13.5 Å². The Labute approximate surface area is 183 Å². The smallest absolute Gasteiger partial charge is 0.269 e. The molecule has 0 bridgehead atoms. The fourth-order valence-electron chi connectivity index (χ4n) is 3.01. The van der Waals surface area contributed by atoms with Crippen molar-refractivity contribution in [2.75, 3.05) is 12.4 Å². The Kier molecular flexibility index (Phi) is 5.96. The molecule has 2 aromatic carbocycles. The summed E-state index contributed by atoms with van der Waals surface area (Å²) in [5.74, 6) is -0.168. The highest BCUT2D eigenvalue weighted by atomic mass is 32.2. The van der Waals surface area contributed by atoms with Gasteiger partial charge in [0.1, 0.15) is 4.91 Å². The fourth-order valence-corrected chi connectivity index (χ4v) is 5.09. The Morgan fingerprint density at radius 1 is 1.10 bits per heavy atom. The summed E-state index contributed by atoms with van der Waals surface area (Å²) < 4.78 is 0. The summed E-state index contributed by atoms with van der Waals surface area (Å²) in [6.07, 6.45) is 1.94. The second kappa shape index (κ2) is 8.81. The highest BCUT2D eigenvalue weighted by Gasteiger charge is 2.37. The van der Waals surface area contributed by atoms with Crippen LogP contribution in [0.15, 0.2) is 81.1 Å². The van der Waals surface area contributed by atoms with Crippen molar-refractivity contribution in [3.8, 4) is 0 Å². The molecule has 0 aromatic heterocycles. The summed E-state index contributed by atoms with van der Waals surface area (Å²) in [7, 11) is 1.93. The van der Waals surface area contributed by atoms with Gasteiger partial charge in [-0.3, -0.25) is 14.5 Å². The molecule has 2 heterocycles. The molecule has 1 saturated heterocycles. The second-order valence-corrected chi connectivity index (χ2v) is 8.62. The number of anilines is 1. The average molecular weight is 437 g/mol. The fraction of sp³-hybridized carbons (Fsp3) is 0.136. The van der Waals surface area contributed by atoms with Crippen molar-refractivity contribution in [2.24, 2.45) is 4.99 Å². The Morgan fingerprint density at radius 3 is 2.47 bits per heavy atom. The summed E-state index contributed by atoms with van der Waals surface area (Å²) in [6, 6.07) is 17.1. The van der Waals surface area contributed by atoms with Gasteiger partial charge in [0.2, 0.25) is 5.91 Å². The molecule has 1 N–H and O–H groups in total. The molecule has 2 aliphatic heterocycles. The molecular weight excluding hydrogens is 416 g/mol. The minimum atomic E-state index is -0.122. The van der Waals surface area contributed by atoms with Gasteiger partial charge in [-0.05, 0) is 47.0 Å². The molecule has 2 aromatic rings. The topological polar surface area (TPSA) is 65.0 Å². The number of amides is 2. The van der Waals surface area contributed by atoms with Crippen LogP contribution in [0.1, 0.15) is 12.5 Å². The number of hydrogen-bond donors (Lipinski definition) is 1. The van der Waals surface area contributed by atoms with E-state index < -0.39 is 0 Å². The molecule has 0 saturated carbocycles. The lowest BCUT2D eigenvalue weighted by atomic mass is 10.2. The number of aliphatic imine (C=N–C) groups is 1. The molecule has 1 fully saturated rings. The number of thioether (sulfide) groups is 2. The van der Waals surface area contributed by atoms with E-state index in [0.717, 1.165) is 10.6 Å². The molecule has 2 amide bonds. The van der Waals surface area contributed by atoms with Crippen LogP contribution < -0.4 is 5.32 Å². The number of carbonyl (C=O) groups excluding carboxylic acids is 2. The summed E-state index contributed by atoms with van der Waals surface area (Å²) in [4.78, 5) is 33.6. The van der Waals surface area contributed by atoms with E-state index in [-0.39, 0.29) is 11.8 Å². The van der Waals surface area contributed by atoms with Gasteiger partial charge in [0.05, 0.1) is 17.3 Å². The van der Waals surface area contributed by atoms with E-state index >= 15 is 0 Å². The van der Waals surface area contributed by atoms with Crippen LogP contribution in [0.4, 0.5) is 11.4 Å². The normalized spacial score (nSPS) is 19.8. The standard InChI is InChI=1S/C22H20N4O2S2/c1-15(27)23-17-8-10-18(11-9-17)24-22-26(14-16-6-4-3-5-7-16)20(28)19(30-22)21-25(2)12-13-29-21/h3-13H,14H2,1-2H3,(H,23,27)/b21-19-,24-22-. The molecular formula is C22H20N4O2S2. The van der Waals surface area contributed by atoms with E-state index in [2.05, 4.69) is 5.32 Å². The first-order chi connectivity index (χ1) is 14.5. The van der Waals surface area contributed by atoms with Crippen LogP contribution in [-0.2, 0) is 16.1 Å². The predicted octanol–water partition coefficient (Wildman–Crippen LogP) is 4.73. The summed E-state index contributed by atoms with van der Waals surface area (Å²) in [6.45, 7) is 1.92. The molecule has 0 spiro atoms. The van der Waals surface area contributed by atoms with Crippen LogP contribution >= 0.6 is 23.5 Å². The van der Waals surface area contributed by atoms with Crippen molar-refractivity contribution in [3.63, 3.8) is 0 Å². The maximum absolute atomic E-state index is 13.3. The number of hydrogen-bond acceptors (Lipinski definition) is 6. The third-order valence-electron chi connectivity index (χ3n) is 4.44. The molecule has 0 aliphatic carbocycles. The summed E-state index contributed by atoms with van der Waals surface area (Å²) in [5.41, 5.74) is 2.46. The van der Waals surface area contributed by atoms with Crippen molar-refractivity contribution >= 4 is 51.9 Å². The quantitative estimate of drug-likeness (QED) is 0.702. The largest absolute Gasteiger partial charge is 0.344 e. The van der Waals surface area contributed by atoms with Gasteiger partial charge in [-0.1, -0.05) is 42.1 Å². The van der Waals surface area contributed by atoms with E-state index in [0.29, 0.717) is 28.0 Å². The maximum Gasteiger partial charge on any atom is 0.269 e. The monoisotopic (exact) mass is 436 g/mol. The van der Waals surface area contributed by atoms with Gasteiger partial charge in [0.15, 0.2) is 5.17 Å². The van der Waals surface area contributed by atoms with Crippen LogP contribution in [0.5, 0.6) is 0 Å². The first-order valence-electron chi connectivity index (χ1n) is 9.31. The zero-order valence-electron chi connectivity index (χ0n) is 16.5. The number of nitrogens with zero attached hydrogens (tertiary/aromatic N) is 3. The van der Waals surface area contributed by atoms with Gasteiger partial charge in [0.25, 0.3) is 5.91 Å². The molecule has 0 atom stereocenters. The second-order valence-electron chi connectivity index (χ2n) is 6.75. The number of rotatable bonds is 4. The number of benzene rings is 2. The number of carbonyl (C=O) groups is 2. The van der Waals surface area contributed by atoms with E-state index in [1.165, 1.54) is 30.4 Å². The number of nitrogens with one attached hydrogen (secondary N) is 1. The minimum Gasteiger partial charge on any atom is -0.344 e. The molecule has 30 heavy (non-hydrogen) atoms. The van der Waals surface area contributed by atoms with Crippen LogP contribution in [0.2, 0.25) is 0 Å². The number of amidine groups is 1. The SMILES string of the molecule is CC(=O)Nc1ccc(/N=C2\S/C(=C3\SC=CN3C)C(=O)N2Cc2ccccc2)cc1. The summed E-state index contributed by atoms with van der Waals surface area (Å²) >= 11 is 2.93. The Balaban J connectivity index is 1.66. The van der Waals surface area contributed by atoms with E-state index in [1.54, 1.807) is 17.0 Å². The zero-order valence-corrected chi connectivity index (χ0v) is 18.2. The third-order valence-corrected chi connectivity index (χ3v) is 6.61. The van der Waals surface area contributed by atoms with Gasteiger partial charge in [-0.25, -0.2) is 4.99 Å². The van der Waals surface area contributed by atoms with Crippen LogP contribution in [0, 0.1) is 0 Å². The molecule has 4 rings (SSSR count). The van der Waals surface area contributed by atoms with Crippen LogP contribution in [0.25, 0.3) is 0 Å². The summed E-state index contributed by atoms with van der Waals surface area (Å²) in [5, 5.41) is 6.26. The molecule has 0 unspecified atom stereocenters. The molecule has 6 nitrogen and oxygen atoms in total. The lowest BCUT2D eigenvalue weighted by Crippen LogP contribution is -2.29. The highest BCUT2D eigenvalue weighted by molar-refractivity contribution is 8.19. The Morgan fingerprint density at radius 2 is 1.83 bits per heavy atom. The lowest BCUT2D eigenvalue weighted by molar-refractivity contribution is -0.122. The maximum atomic E-state index is 13.3. The van der Waals surface area contributed by atoms with Crippen molar-refractivity contribution in [1.82, 2.24) is 9.80 Å². The van der Waals surface area contributed by atoms with Gasteiger partial charge < -0.3 is 10.2 Å². The predicted molar refractivity (Wildman–Crippen MR) is 124 cm³/mol. The molecule has 152 valence electrons. The van der Waals surface area contributed by atoms with Gasteiger partial charge >= 0.3 is 0 Å². The van der Waals surface area contributed by atoms with Crippen LogP contribution in [-0.4, -0.2) is 33.8 Å². The zero-order chi connectivity index (χ0) is 21.1. The van der Waals surface area contributed by atoms with Gasteiger partial charge in [-0.2, -0.15) is 0 Å². The molecule has 2 aliphatic rings. The third kappa shape index (κ3) is 4.44. The van der Waals surface area contributed by atoms with E-state index in [9.17, 15) is 9.59 Å². The van der Waals surface area contributed by atoms with Gasteiger partial charge in [-0.15, -0.1) is 0 Å². The Hall–Kier alpha value is -2.97. The molecule has 0 radical (unpaired) electrons. The van der Waals surface area contributed by atoms with Crippen molar-refractivity contribution in [1.29, 1.82) is 0 Å². The van der Waals surface area contributed by atoms with Crippen molar-refractivity contribution < 1.29 is 9.59 Å². The lowest BCUT2D eigenvalue weighted by Gasteiger charge is -2.16. The highest BCUT2D eigenvalue weighted by Crippen LogP contribution is 2.42. The van der Waals surface area contributed by atoms with Crippen molar-refractivity contribution in [3.05, 3.63) is 81.7 Å².